The number of benzene rings is 1. The van der Waals surface area contributed by atoms with E-state index in [4.69, 9.17) is 4.74 Å². The standard InChI is InChI=1S/C16H23BrN2O2/c1-3-21-16(20)15(19-9-4-7-18-8-10-19)13-5-6-14(17)12(2)11-13/h5-6,11,15,18H,3-4,7-10H2,1-2H3. The Bertz CT molecular complexity index is 485. The van der Waals surface area contributed by atoms with Crippen LogP contribution in [0.15, 0.2) is 22.7 Å². The summed E-state index contributed by atoms with van der Waals surface area (Å²) in [6, 6.07) is 5.78. The molecule has 2 rings (SSSR count). The molecule has 0 radical (unpaired) electrons. The number of hydrogen-bond acceptors (Lipinski definition) is 4. The van der Waals surface area contributed by atoms with E-state index in [2.05, 4.69) is 32.2 Å². The Morgan fingerprint density at radius 1 is 1.43 bits per heavy atom. The fourth-order valence-electron chi connectivity index (χ4n) is 2.68. The first-order chi connectivity index (χ1) is 10.1. The summed E-state index contributed by atoms with van der Waals surface area (Å²) in [5, 5.41) is 3.37. The first-order valence-corrected chi connectivity index (χ1v) is 8.30. The molecular weight excluding hydrogens is 332 g/mol. The van der Waals surface area contributed by atoms with Crippen LogP contribution in [0.4, 0.5) is 0 Å². The van der Waals surface area contributed by atoms with Gasteiger partial charge < -0.3 is 10.1 Å². The molecule has 0 saturated carbocycles. The van der Waals surface area contributed by atoms with Crippen molar-refractivity contribution in [3.63, 3.8) is 0 Å². The molecular formula is C16H23BrN2O2. The summed E-state index contributed by atoms with van der Waals surface area (Å²) >= 11 is 3.51. The number of rotatable bonds is 4. The number of esters is 1. The number of carbonyl (C=O) groups is 1. The molecule has 21 heavy (non-hydrogen) atoms. The molecule has 1 heterocycles. The third kappa shape index (κ3) is 4.28. The van der Waals surface area contributed by atoms with Gasteiger partial charge in [0.25, 0.3) is 0 Å². The second-order valence-electron chi connectivity index (χ2n) is 5.30. The van der Waals surface area contributed by atoms with E-state index in [1.807, 2.05) is 26.0 Å². The molecule has 0 aliphatic carbocycles. The van der Waals surface area contributed by atoms with Gasteiger partial charge in [0.05, 0.1) is 6.61 Å². The molecule has 0 aromatic heterocycles. The molecule has 1 aromatic carbocycles. The third-order valence-electron chi connectivity index (χ3n) is 3.75. The van der Waals surface area contributed by atoms with Gasteiger partial charge in [0.2, 0.25) is 0 Å². The van der Waals surface area contributed by atoms with E-state index in [1.165, 1.54) is 0 Å². The van der Waals surface area contributed by atoms with Crippen LogP contribution in [0.1, 0.15) is 30.5 Å². The molecule has 0 amide bonds. The number of halogens is 1. The molecule has 1 saturated heterocycles. The van der Waals surface area contributed by atoms with Crippen molar-refractivity contribution in [2.24, 2.45) is 0 Å². The topological polar surface area (TPSA) is 41.6 Å². The van der Waals surface area contributed by atoms with Gasteiger partial charge in [-0.2, -0.15) is 0 Å². The lowest BCUT2D eigenvalue weighted by molar-refractivity contribution is -0.149. The van der Waals surface area contributed by atoms with Gasteiger partial charge in [-0.3, -0.25) is 4.90 Å². The molecule has 116 valence electrons. The Kier molecular flexibility index (Phi) is 6.21. The van der Waals surface area contributed by atoms with Gasteiger partial charge in [-0.1, -0.05) is 28.1 Å². The van der Waals surface area contributed by atoms with E-state index in [9.17, 15) is 4.79 Å². The first-order valence-electron chi connectivity index (χ1n) is 7.51. The summed E-state index contributed by atoms with van der Waals surface area (Å²) in [6.07, 6.45) is 1.05. The van der Waals surface area contributed by atoms with Crippen LogP contribution in [0.3, 0.4) is 0 Å². The zero-order valence-electron chi connectivity index (χ0n) is 12.7. The zero-order valence-corrected chi connectivity index (χ0v) is 14.3. The van der Waals surface area contributed by atoms with Crippen molar-refractivity contribution < 1.29 is 9.53 Å². The zero-order chi connectivity index (χ0) is 15.2. The predicted octanol–water partition coefficient (Wildman–Crippen LogP) is 2.66. The van der Waals surface area contributed by atoms with Crippen molar-refractivity contribution in [3.05, 3.63) is 33.8 Å². The maximum atomic E-state index is 12.5. The van der Waals surface area contributed by atoms with Gasteiger partial charge in [0, 0.05) is 24.1 Å². The molecule has 1 atom stereocenters. The molecule has 4 nitrogen and oxygen atoms in total. The molecule has 0 bridgehead atoms. The van der Waals surface area contributed by atoms with E-state index in [0.29, 0.717) is 6.61 Å². The Morgan fingerprint density at radius 2 is 2.24 bits per heavy atom. The lowest BCUT2D eigenvalue weighted by Gasteiger charge is -2.29. The molecule has 1 unspecified atom stereocenters. The number of nitrogens with zero attached hydrogens (tertiary/aromatic N) is 1. The highest BCUT2D eigenvalue weighted by Crippen LogP contribution is 2.27. The Labute approximate surface area is 135 Å². The number of hydrogen-bond donors (Lipinski definition) is 1. The van der Waals surface area contributed by atoms with Gasteiger partial charge in [0.1, 0.15) is 6.04 Å². The van der Waals surface area contributed by atoms with Crippen LogP contribution in [-0.2, 0) is 9.53 Å². The fourth-order valence-corrected chi connectivity index (χ4v) is 2.93. The highest BCUT2D eigenvalue weighted by molar-refractivity contribution is 9.10. The normalized spacial score (nSPS) is 18.0. The van der Waals surface area contributed by atoms with Gasteiger partial charge in [-0.05, 0) is 44.0 Å². The summed E-state index contributed by atoms with van der Waals surface area (Å²) in [5.74, 6) is -0.152. The summed E-state index contributed by atoms with van der Waals surface area (Å²) in [5.41, 5.74) is 2.14. The van der Waals surface area contributed by atoms with Crippen molar-refractivity contribution in [2.45, 2.75) is 26.3 Å². The van der Waals surface area contributed by atoms with Crippen LogP contribution in [0, 0.1) is 6.92 Å². The monoisotopic (exact) mass is 354 g/mol. The van der Waals surface area contributed by atoms with Crippen molar-refractivity contribution in [3.8, 4) is 0 Å². The largest absolute Gasteiger partial charge is 0.465 e. The second kappa shape index (κ2) is 7.92. The minimum atomic E-state index is -0.309. The first kappa shape index (κ1) is 16.5. The van der Waals surface area contributed by atoms with Gasteiger partial charge >= 0.3 is 5.97 Å². The molecule has 1 fully saturated rings. The van der Waals surface area contributed by atoms with Crippen molar-refractivity contribution >= 4 is 21.9 Å². The summed E-state index contributed by atoms with van der Waals surface area (Å²) < 4.78 is 6.37. The highest BCUT2D eigenvalue weighted by Gasteiger charge is 2.29. The quantitative estimate of drug-likeness (QED) is 0.844. The van der Waals surface area contributed by atoms with Crippen LogP contribution >= 0.6 is 15.9 Å². The Balaban J connectivity index is 2.29. The molecule has 1 aliphatic rings. The maximum absolute atomic E-state index is 12.5. The van der Waals surface area contributed by atoms with Crippen molar-refractivity contribution in [2.75, 3.05) is 32.8 Å². The van der Waals surface area contributed by atoms with Crippen LogP contribution in [0.5, 0.6) is 0 Å². The van der Waals surface area contributed by atoms with Gasteiger partial charge in [0.15, 0.2) is 0 Å². The minimum Gasteiger partial charge on any atom is -0.465 e. The molecule has 0 spiro atoms. The van der Waals surface area contributed by atoms with E-state index < -0.39 is 0 Å². The van der Waals surface area contributed by atoms with Gasteiger partial charge in [-0.15, -0.1) is 0 Å². The van der Waals surface area contributed by atoms with Crippen LogP contribution < -0.4 is 5.32 Å². The summed E-state index contributed by atoms with van der Waals surface area (Å²) in [6.45, 7) is 7.99. The van der Waals surface area contributed by atoms with E-state index in [-0.39, 0.29) is 12.0 Å². The van der Waals surface area contributed by atoms with Crippen LogP contribution in [0.2, 0.25) is 0 Å². The van der Waals surface area contributed by atoms with Gasteiger partial charge in [-0.25, -0.2) is 4.79 Å². The Hall–Kier alpha value is -0.910. The van der Waals surface area contributed by atoms with Crippen molar-refractivity contribution in [1.82, 2.24) is 10.2 Å². The molecule has 1 N–H and O–H groups in total. The highest BCUT2D eigenvalue weighted by atomic mass is 79.9. The average molecular weight is 355 g/mol. The average Bonchev–Trinajstić information content (AvgIpc) is 2.72. The summed E-state index contributed by atoms with van der Waals surface area (Å²) in [7, 11) is 0. The molecule has 1 aromatic rings. The predicted molar refractivity (Wildman–Crippen MR) is 87.3 cm³/mol. The van der Waals surface area contributed by atoms with Crippen LogP contribution in [-0.4, -0.2) is 43.7 Å². The van der Waals surface area contributed by atoms with E-state index in [0.717, 1.165) is 48.2 Å². The molecule has 5 heteroatoms. The minimum absolute atomic E-state index is 0.152. The van der Waals surface area contributed by atoms with E-state index >= 15 is 0 Å². The number of carbonyl (C=O) groups excluding carboxylic acids is 1. The lowest BCUT2D eigenvalue weighted by atomic mass is 10.0. The van der Waals surface area contributed by atoms with E-state index in [1.54, 1.807) is 0 Å². The smallest absolute Gasteiger partial charge is 0.328 e. The number of aryl methyl sites for hydroxylation is 1. The molecule has 1 aliphatic heterocycles. The third-order valence-corrected chi connectivity index (χ3v) is 4.64. The number of nitrogens with one attached hydrogen (secondary N) is 1. The number of ether oxygens (including phenoxy) is 1. The summed E-state index contributed by atoms with van der Waals surface area (Å²) in [4.78, 5) is 14.7. The Morgan fingerprint density at radius 3 is 2.95 bits per heavy atom. The SMILES string of the molecule is CCOC(=O)C(c1ccc(Br)c(C)c1)N1CCCNCC1. The second-order valence-corrected chi connectivity index (χ2v) is 6.16. The lowest BCUT2D eigenvalue weighted by Crippen LogP contribution is -2.37. The fraction of sp³-hybridized carbons (Fsp3) is 0.562. The maximum Gasteiger partial charge on any atom is 0.328 e. The van der Waals surface area contributed by atoms with Crippen molar-refractivity contribution in [1.29, 1.82) is 0 Å². The van der Waals surface area contributed by atoms with Crippen LogP contribution in [0.25, 0.3) is 0 Å².